The van der Waals surface area contributed by atoms with Gasteiger partial charge in [-0.15, -0.1) is 11.3 Å². The predicted molar refractivity (Wildman–Crippen MR) is 87.6 cm³/mol. The molecule has 3 rings (SSSR count). The van der Waals surface area contributed by atoms with E-state index in [1.165, 1.54) is 11.3 Å². The second-order valence-corrected chi connectivity index (χ2v) is 6.93. The minimum Gasteiger partial charge on any atom is -0.396 e. The standard InChI is InChI=1S/C16H21N3OS/c1-3-16(4-2)7-9-19(10-16)15(20)14-12(17)13-11(21-14)6-5-8-18-13/h5-6,8H,3-4,7,9-10,17H2,1-2H3. The molecule has 3 heterocycles. The van der Waals surface area contributed by atoms with Crippen LogP contribution in [0.25, 0.3) is 10.2 Å². The van der Waals surface area contributed by atoms with E-state index in [4.69, 9.17) is 5.73 Å². The molecule has 21 heavy (non-hydrogen) atoms. The van der Waals surface area contributed by atoms with Crippen LogP contribution < -0.4 is 5.73 Å². The van der Waals surface area contributed by atoms with Gasteiger partial charge < -0.3 is 10.6 Å². The van der Waals surface area contributed by atoms with Crippen molar-refractivity contribution in [3.63, 3.8) is 0 Å². The van der Waals surface area contributed by atoms with Crippen LogP contribution in [0, 0.1) is 5.41 Å². The first-order chi connectivity index (χ1) is 10.1. The summed E-state index contributed by atoms with van der Waals surface area (Å²) >= 11 is 1.46. The maximum absolute atomic E-state index is 12.8. The van der Waals surface area contributed by atoms with E-state index >= 15 is 0 Å². The minimum absolute atomic E-state index is 0.0688. The van der Waals surface area contributed by atoms with Crippen molar-refractivity contribution in [1.82, 2.24) is 9.88 Å². The molecule has 2 aromatic heterocycles. The molecular formula is C16H21N3OS. The summed E-state index contributed by atoms with van der Waals surface area (Å²) in [5.74, 6) is 0.0688. The van der Waals surface area contributed by atoms with Crippen LogP contribution in [0.5, 0.6) is 0 Å². The Labute approximate surface area is 129 Å². The molecule has 0 unspecified atom stereocenters. The van der Waals surface area contributed by atoms with Crippen molar-refractivity contribution in [1.29, 1.82) is 0 Å². The molecule has 2 N–H and O–H groups in total. The number of rotatable bonds is 3. The van der Waals surface area contributed by atoms with Gasteiger partial charge in [-0.05, 0) is 36.8 Å². The fourth-order valence-electron chi connectivity index (χ4n) is 3.19. The zero-order valence-corrected chi connectivity index (χ0v) is 13.4. The zero-order chi connectivity index (χ0) is 15.0. The van der Waals surface area contributed by atoms with E-state index in [1.807, 2.05) is 17.0 Å². The lowest BCUT2D eigenvalue weighted by Crippen LogP contribution is -2.31. The number of aromatic nitrogens is 1. The van der Waals surface area contributed by atoms with E-state index in [2.05, 4.69) is 18.8 Å². The Morgan fingerprint density at radius 3 is 2.86 bits per heavy atom. The Morgan fingerprint density at radius 2 is 2.24 bits per heavy atom. The molecule has 0 bridgehead atoms. The number of nitrogens with two attached hydrogens (primary N) is 1. The summed E-state index contributed by atoms with van der Waals surface area (Å²) in [6.45, 7) is 6.12. The van der Waals surface area contributed by atoms with Gasteiger partial charge in [-0.2, -0.15) is 0 Å². The molecule has 4 nitrogen and oxygen atoms in total. The van der Waals surface area contributed by atoms with E-state index in [0.29, 0.717) is 16.0 Å². The molecule has 1 aliphatic heterocycles. The summed E-state index contributed by atoms with van der Waals surface area (Å²) in [5.41, 5.74) is 7.72. The molecule has 1 amide bonds. The number of anilines is 1. The number of nitrogens with zero attached hydrogens (tertiary/aromatic N) is 2. The van der Waals surface area contributed by atoms with Gasteiger partial charge in [0.1, 0.15) is 10.4 Å². The number of carbonyl (C=O) groups is 1. The first-order valence-corrected chi connectivity index (χ1v) is 8.34. The molecule has 0 atom stereocenters. The van der Waals surface area contributed by atoms with E-state index in [-0.39, 0.29) is 5.91 Å². The Bertz CT molecular complexity index is 675. The van der Waals surface area contributed by atoms with Gasteiger partial charge in [0.25, 0.3) is 5.91 Å². The fourth-order valence-corrected chi connectivity index (χ4v) is 4.23. The number of amides is 1. The molecule has 1 saturated heterocycles. The minimum atomic E-state index is 0.0688. The fraction of sp³-hybridized carbons (Fsp3) is 0.500. The number of hydrogen-bond donors (Lipinski definition) is 1. The second-order valence-electron chi connectivity index (χ2n) is 5.88. The van der Waals surface area contributed by atoms with Crippen molar-refractivity contribution in [3.05, 3.63) is 23.2 Å². The van der Waals surface area contributed by atoms with Crippen molar-refractivity contribution >= 4 is 33.1 Å². The highest BCUT2D eigenvalue weighted by atomic mass is 32.1. The lowest BCUT2D eigenvalue weighted by Gasteiger charge is -2.26. The Hall–Kier alpha value is -1.62. The molecule has 0 spiro atoms. The van der Waals surface area contributed by atoms with Gasteiger partial charge in [0.15, 0.2) is 0 Å². The van der Waals surface area contributed by atoms with Crippen molar-refractivity contribution in [3.8, 4) is 0 Å². The highest BCUT2D eigenvalue weighted by Crippen LogP contribution is 2.39. The van der Waals surface area contributed by atoms with Gasteiger partial charge >= 0.3 is 0 Å². The molecule has 0 aromatic carbocycles. The number of likely N-dealkylation sites (tertiary alicyclic amines) is 1. The third-order valence-corrected chi connectivity index (χ3v) is 6.05. The molecule has 0 aliphatic carbocycles. The molecule has 1 aliphatic rings. The summed E-state index contributed by atoms with van der Waals surface area (Å²) in [6.07, 6.45) is 5.05. The average Bonchev–Trinajstić information content (AvgIpc) is 3.10. The molecule has 1 fully saturated rings. The third kappa shape index (κ3) is 2.29. The zero-order valence-electron chi connectivity index (χ0n) is 12.6. The first kappa shape index (κ1) is 14.3. The SMILES string of the molecule is CCC1(CC)CCN(C(=O)c2sc3cccnc3c2N)C1. The van der Waals surface area contributed by atoms with Crippen molar-refractivity contribution in [2.24, 2.45) is 5.41 Å². The van der Waals surface area contributed by atoms with Gasteiger partial charge in [0.05, 0.1) is 10.4 Å². The van der Waals surface area contributed by atoms with Crippen molar-refractivity contribution in [2.45, 2.75) is 33.1 Å². The molecule has 0 saturated carbocycles. The van der Waals surface area contributed by atoms with E-state index in [1.54, 1.807) is 6.20 Å². The summed E-state index contributed by atoms with van der Waals surface area (Å²) in [4.78, 5) is 19.7. The maximum atomic E-state index is 12.8. The number of hydrogen-bond acceptors (Lipinski definition) is 4. The van der Waals surface area contributed by atoms with Crippen LogP contribution in [0.2, 0.25) is 0 Å². The number of thiophene rings is 1. The highest BCUT2D eigenvalue weighted by molar-refractivity contribution is 7.21. The van der Waals surface area contributed by atoms with Gasteiger partial charge in [-0.1, -0.05) is 13.8 Å². The third-order valence-electron chi connectivity index (χ3n) is 4.90. The monoisotopic (exact) mass is 303 g/mol. The molecular weight excluding hydrogens is 282 g/mol. The van der Waals surface area contributed by atoms with Crippen LogP contribution in [0.1, 0.15) is 42.8 Å². The van der Waals surface area contributed by atoms with E-state index in [9.17, 15) is 4.79 Å². The predicted octanol–water partition coefficient (Wildman–Crippen LogP) is 3.53. The average molecular weight is 303 g/mol. The molecule has 2 aromatic rings. The Morgan fingerprint density at radius 1 is 1.48 bits per heavy atom. The van der Waals surface area contributed by atoms with Crippen molar-refractivity contribution < 1.29 is 4.79 Å². The summed E-state index contributed by atoms with van der Waals surface area (Å²) in [5, 5.41) is 0. The van der Waals surface area contributed by atoms with E-state index < -0.39 is 0 Å². The van der Waals surface area contributed by atoms with Crippen LogP contribution in [-0.4, -0.2) is 28.9 Å². The van der Waals surface area contributed by atoms with Crippen LogP contribution in [0.15, 0.2) is 18.3 Å². The lowest BCUT2D eigenvalue weighted by atomic mass is 9.82. The first-order valence-electron chi connectivity index (χ1n) is 7.52. The number of nitrogen functional groups attached to an aromatic ring is 1. The summed E-state index contributed by atoms with van der Waals surface area (Å²) in [7, 11) is 0. The second kappa shape index (κ2) is 5.30. The van der Waals surface area contributed by atoms with Gasteiger partial charge in [-0.25, -0.2) is 0 Å². The lowest BCUT2D eigenvalue weighted by molar-refractivity contribution is 0.0775. The summed E-state index contributed by atoms with van der Waals surface area (Å²) < 4.78 is 0.981. The van der Waals surface area contributed by atoms with Crippen molar-refractivity contribution in [2.75, 3.05) is 18.8 Å². The maximum Gasteiger partial charge on any atom is 0.266 e. The Balaban J connectivity index is 1.90. The van der Waals surface area contributed by atoms with Crippen LogP contribution in [-0.2, 0) is 0 Å². The van der Waals surface area contributed by atoms with Gasteiger partial charge in [0, 0.05) is 19.3 Å². The number of pyridine rings is 1. The molecule has 0 radical (unpaired) electrons. The number of carbonyl (C=O) groups excluding carboxylic acids is 1. The van der Waals surface area contributed by atoms with Gasteiger partial charge in [0.2, 0.25) is 0 Å². The number of fused-ring (bicyclic) bond motifs is 1. The largest absolute Gasteiger partial charge is 0.396 e. The quantitative estimate of drug-likeness (QED) is 0.943. The van der Waals surface area contributed by atoms with Gasteiger partial charge in [-0.3, -0.25) is 9.78 Å². The smallest absolute Gasteiger partial charge is 0.266 e. The van der Waals surface area contributed by atoms with Crippen LogP contribution in [0.3, 0.4) is 0 Å². The Kier molecular flexibility index (Phi) is 3.61. The van der Waals surface area contributed by atoms with Crippen LogP contribution >= 0.6 is 11.3 Å². The van der Waals surface area contributed by atoms with Crippen LogP contribution in [0.4, 0.5) is 5.69 Å². The highest BCUT2D eigenvalue weighted by Gasteiger charge is 2.38. The summed E-state index contributed by atoms with van der Waals surface area (Å²) in [6, 6.07) is 3.84. The molecule has 5 heteroatoms. The topological polar surface area (TPSA) is 59.2 Å². The van der Waals surface area contributed by atoms with E-state index in [0.717, 1.165) is 42.6 Å². The molecule has 112 valence electrons. The normalized spacial score (nSPS) is 17.5.